The number of hydrogen-bond acceptors (Lipinski definition) is 2. The number of benzene rings is 1. The van der Waals surface area contributed by atoms with Crippen molar-refractivity contribution in [1.82, 2.24) is 10.3 Å². The second kappa shape index (κ2) is 6.20. The molecule has 0 fully saturated rings. The number of hydrogen-bond donors (Lipinski definition) is 2. The first-order valence-electron chi connectivity index (χ1n) is 5.85. The van der Waals surface area contributed by atoms with Crippen molar-refractivity contribution in [2.45, 2.75) is 13.5 Å². The molecule has 1 aromatic heterocycles. The van der Waals surface area contributed by atoms with Crippen LogP contribution in [0.4, 0.5) is 10.6 Å². The Balaban J connectivity index is 1.86. The van der Waals surface area contributed by atoms with Crippen molar-refractivity contribution in [2.75, 3.05) is 5.32 Å². The van der Waals surface area contributed by atoms with Crippen molar-refractivity contribution < 1.29 is 4.79 Å². The van der Waals surface area contributed by atoms with E-state index in [1.807, 2.05) is 31.2 Å². The van der Waals surface area contributed by atoms with Gasteiger partial charge in [-0.3, -0.25) is 5.32 Å². The molecule has 0 aliphatic heterocycles. The fraction of sp³-hybridized carbons (Fsp3) is 0.143. The summed E-state index contributed by atoms with van der Waals surface area (Å²) in [6.07, 6.45) is 1.66. The Bertz CT molecular complexity index is 569. The lowest BCUT2D eigenvalue weighted by molar-refractivity contribution is 0.251. The molecule has 0 aliphatic carbocycles. The fourth-order valence-electron chi connectivity index (χ4n) is 1.55. The number of anilines is 1. The summed E-state index contributed by atoms with van der Waals surface area (Å²) in [6, 6.07) is 10.7. The van der Waals surface area contributed by atoms with E-state index >= 15 is 0 Å². The van der Waals surface area contributed by atoms with Crippen LogP contribution in [0.5, 0.6) is 0 Å². The van der Waals surface area contributed by atoms with E-state index in [1.165, 1.54) is 0 Å². The molecule has 0 atom stereocenters. The molecule has 2 N–H and O–H groups in total. The Kier molecular flexibility index (Phi) is 4.36. The van der Waals surface area contributed by atoms with Gasteiger partial charge in [-0.15, -0.1) is 0 Å². The van der Waals surface area contributed by atoms with Gasteiger partial charge in [0.2, 0.25) is 0 Å². The van der Waals surface area contributed by atoms with E-state index in [0.29, 0.717) is 17.4 Å². The number of rotatable bonds is 3. The highest BCUT2D eigenvalue weighted by Gasteiger charge is 2.02. The van der Waals surface area contributed by atoms with Gasteiger partial charge in [0.25, 0.3) is 0 Å². The molecular formula is C14H14ClN3O. The van der Waals surface area contributed by atoms with Crippen molar-refractivity contribution >= 4 is 23.4 Å². The van der Waals surface area contributed by atoms with Crippen LogP contribution in [-0.2, 0) is 6.54 Å². The summed E-state index contributed by atoms with van der Waals surface area (Å²) in [5.74, 6) is 0.536. The standard InChI is InChI=1S/C14H14ClN3O/c1-10-6-7-16-13(8-10)18-14(19)17-9-11-2-4-12(15)5-3-11/h2-8H,9H2,1H3,(H2,16,17,18,19). The number of nitrogens with zero attached hydrogens (tertiary/aromatic N) is 1. The van der Waals surface area contributed by atoms with Gasteiger partial charge >= 0.3 is 6.03 Å². The van der Waals surface area contributed by atoms with Gasteiger partial charge in [0, 0.05) is 17.8 Å². The molecule has 0 saturated heterocycles. The molecule has 2 rings (SSSR count). The number of nitrogens with one attached hydrogen (secondary N) is 2. The molecule has 0 saturated carbocycles. The van der Waals surface area contributed by atoms with Gasteiger partial charge in [-0.1, -0.05) is 23.7 Å². The van der Waals surface area contributed by atoms with Crippen molar-refractivity contribution in [3.8, 4) is 0 Å². The first kappa shape index (κ1) is 13.4. The fourth-order valence-corrected chi connectivity index (χ4v) is 1.68. The monoisotopic (exact) mass is 275 g/mol. The van der Waals surface area contributed by atoms with E-state index in [4.69, 9.17) is 11.6 Å². The number of urea groups is 1. The second-order valence-corrected chi connectivity index (χ2v) is 4.59. The Morgan fingerprint density at radius 3 is 2.68 bits per heavy atom. The van der Waals surface area contributed by atoms with Crippen molar-refractivity contribution in [2.24, 2.45) is 0 Å². The summed E-state index contributed by atoms with van der Waals surface area (Å²) in [6.45, 7) is 2.38. The van der Waals surface area contributed by atoms with Crippen molar-refractivity contribution in [3.05, 3.63) is 58.7 Å². The lowest BCUT2D eigenvalue weighted by Crippen LogP contribution is -2.28. The predicted molar refractivity (Wildman–Crippen MR) is 76.3 cm³/mol. The molecule has 1 heterocycles. The molecule has 0 unspecified atom stereocenters. The highest BCUT2D eigenvalue weighted by molar-refractivity contribution is 6.30. The van der Waals surface area contributed by atoms with Gasteiger partial charge in [-0.05, 0) is 42.3 Å². The Morgan fingerprint density at radius 1 is 1.26 bits per heavy atom. The third-order valence-electron chi connectivity index (χ3n) is 2.52. The molecule has 2 amide bonds. The number of carbonyl (C=O) groups is 1. The lowest BCUT2D eigenvalue weighted by Gasteiger charge is -2.07. The topological polar surface area (TPSA) is 54.0 Å². The molecular weight excluding hydrogens is 262 g/mol. The van der Waals surface area contributed by atoms with E-state index in [9.17, 15) is 4.79 Å². The van der Waals surface area contributed by atoms with Crippen LogP contribution < -0.4 is 10.6 Å². The number of pyridine rings is 1. The first-order chi connectivity index (χ1) is 9.13. The molecule has 0 bridgehead atoms. The van der Waals surface area contributed by atoms with Crippen LogP contribution >= 0.6 is 11.6 Å². The van der Waals surface area contributed by atoms with Gasteiger partial charge in [-0.25, -0.2) is 9.78 Å². The molecule has 2 aromatic rings. The third-order valence-corrected chi connectivity index (χ3v) is 2.78. The summed E-state index contributed by atoms with van der Waals surface area (Å²) >= 11 is 5.79. The van der Waals surface area contributed by atoms with Crippen molar-refractivity contribution in [1.29, 1.82) is 0 Å². The number of aromatic nitrogens is 1. The van der Waals surface area contributed by atoms with Gasteiger partial charge in [0.15, 0.2) is 0 Å². The van der Waals surface area contributed by atoms with E-state index in [2.05, 4.69) is 15.6 Å². The summed E-state index contributed by atoms with van der Waals surface area (Å²) in [7, 11) is 0. The average Bonchev–Trinajstić information content (AvgIpc) is 2.38. The minimum Gasteiger partial charge on any atom is -0.334 e. The molecule has 19 heavy (non-hydrogen) atoms. The smallest absolute Gasteiger partial charge is 0.320 e. The zero-order valence-electron chi connectivity index (χ0n) is 10.5. The summed E-state index contributed by atoms with van der Waals surface area (Å²) < 4.78 is 0. The van der Waals surface area contributed by atoms with Crippen LogP contribution in [0.2, 0.25) is 5.02 Å². The normalized spacial score (nSPS) is 10.0. The Labute approximate surface area is 116 Å². The molecule has 1 aromatic carbocycles. The van der Waals surface area contributed by atoms with Gasteiger partial charge in [0.1, 0.15) is 5.82 Å². The van der Waals surface area contributed by atoms with Gasteiger partial charge < -0.3 is 5.32 Å². The molecule has 0 radical (unpaired) electrons. The van der Waals surface area contributed by atoms with E-state index in [1.54, 1.807) is 18.3 Å². The summed E-state index contributed by atoms with van der Waals surface area (Å²) in [5, 5.41) is 6.11. The molecule has 0 spiro atoms. The van der Waals surface area contributed by atoms with Gasteiger partial charge in [-0.2, -0.15) is 0 Å². The molecule has 98 valence electrons. The lowest BCUT2D eigenvalue weighted by atomic mass is 10.2. The maximum atomic E-state index is 11.7. The van der Waals surface area contributed by atoms with Crippen molar-refractivity contribution in [3.63, 3.8) is 0 Å². The maximum Gasteiger partial charge on any atom is 0.320 e. The van der Waals surface area contributed by atoms with Gasteiger partial charge in [0.05, 0.1) is 0 Å². The number of halogens is 1. The highest BCUT2D eigenvalue weighted by Crippen LogP contribution is 2.09. The number of amides is 2. The Hall–Kier alpha value is -2.07. The SMILES string of the molecule is Cc1ccnc(NC(=O)NCc2ccc(Cl)cc2)c1. The maximum absolute atomic E-state index is 11.7. The first-order valence-corrected chi connectivity index (χ1v) is 6.23. The van der Waals surface area contributed by atoms with E-state index in [-0.39, 0.29) is 6.03 Å². The zero-order valence-corrected chi connectivity index (χ0v) is 11.2. The Morgan fingerprint density at radius 2 is 2.00 bits per heavy atom. The highest BCUT2D eigenvalue weighted by atomic mass is 35.5. The number of aryl methyl sites for hydroxylation is 1. The van der Waals surface area contributed by atoms with Crippen LogP contribution in [0.15, 0.2) is 42.6 Å². The van der Waals surface area contributed by atoms with Crippen LogP contribution in [0.3, 0.4) is 0 Å². The van der Waals surface area contributed by atoms with E-state index in [0.717, 1.165) is 11.1 Å². The minimum absolute atomic E-state index is 0.284. The van der Waals surface area contributed by atoms with E-state index < -0.39 is 0 Å². The third kappa shape index (κ3) is 4.26. The summed E-state index contributed by atoms with van der Waals surface area (Å²) in [5.41, 5.74) is 2.03. The van der Waals surface area contributed by atoms with Crippen LogP contribution in [-0.4, -0.2) is 11.0 Å². The van der Waals surface area contributed by atoms with Crippen LogP contribution in [0.25, 0.3) is 0 Å². The molecule has 0 aliphatic rings. The average molecular weight is 276 g/mol. The van der Waals surface area contributed by atoms with Crippen LogP contribution in [0.1, 0.15) is 11.1 Å². The second-order valence-electron chi connectivity index (χ2n) is 4.15. The largest absolute Gasteiger partial charge is 0.334 e. The zero-order chi connectivity index (χ0) is 13.7. The molecule has 4 nitrogen and oxygen atoms in total. The van der Waals surface area contributed by atoms with Crippen LogP contribution in [0, 0.1) is 6.92 Å². The quantitative estimate of drug-likeness (QED) is 0.902. The minimum atomic E-state index is -0.284. The molecule has 5 heteroatoms. The predicted octanol–water partition coefficient (Wildman–Crippen LogP) is 3.37. The summed E-state index contributed by atoms with van der Waals surface area (Å²) in [4.78, 5) is 15.7. The number of carbonyl (C=O) groups excluding carboxylic acids is 1.